The Hall–Kier alpha value is -2.14. The van der Waals surface area contributed by atoms with Crippen LogP contribution in [0.4, 0.5) is 11.6 Å². The van der Waals surface area contributed by atoms with Gasteiger partial charge in [-0.15, -0.1) is 0 Å². The Labute approximate surface area is 124 Å². The average Bonchev–Trinajstić information content (AvgIpc) is 2.48. The first kappa shape index (κ1) is 13.8. The van der Waals surface area contributed by atoms with Crippen LogP contribution in [0.15, 0.2) is 30.6 Å². The van der Waals surface area contributed by atoms with Crippen molar-refractivity contribution in [2.75, 3.05) is 24.6 Å². The average molecular weight is 283 g/mol. The fourth-order valence-electron chi connectivity index (χ4n) is 3.09. The van der Waals surface area contributed by atoms with Gasteiger partial charge in [0.2, 0.25) is 0 Å². The van der Waals surface area contributed by atoms with Gasteiger partial charge in [-0.25, -0.2) is 4.98 Å². The highest BCUT2D eigenvalue weighted by atomic mass is 14.9. The van der Waals surface area contributed by atoms with E-state index in [9.17, 15) is 0 Å². The van der Waals surface area contributed by atoms with E-state index >= 15 is 0 Å². The number of piperidine rings is 1. The molecule has 110 valence electrons. The number of hydrogen-bond donors (Lipinski definition) is 3. The number of pyridine rings is 2. The number of nitrogens with one attached hydrogen (secondary N) is 1. The molecule has 2 aromatic heterocycles. The summed E-state index contributed by atoms with van der Waals surface area (Å²) < 4.78 is 0. The summed E-state index contributed by atoms with van der Waals surface area (Å²) in [5.74, 6) is 1.47. The summed E-state index contributed by atoms with van der Waals surface area (Å²) >= 11 is 0. The first-order valence-corrected chi connectivity index (χ1v) is 7.38. The summed E-state index contributed by atoms with van der Waals surface area (Å²) in [5, 5.41) is 3.44. The Kier molecular flexibility index (Phi) is 4.01. The molecule has 0 radical (unpaired) electrons. The van der Waals surface area contributed by atoms with Gasteiger partial charge in [0.15, 0.2) is 0 Å². The van der Waals surface area contributed by atoms with Crippen LogP contribution in [0, 0.1) is 0 Å². The van der Waals surface area contributed by atoms with E-state index in [4.69, 9.17) is 11.5 Å². The molecule has 5 heteroatoms. The monoisotopic (exact) mass is 283 g/mol. The van der Waals surface area contributed by atoms with Crippen LogP contribution >= 0.6 is 0 Å². The minimum atomic E-state index is 0.415. The van der Waals surface area contributed by atoms with E-state index in [0.29, 0.717) is 17.6 Å². The molecule has 0 saturated carbocycles. The second-order valence-corrected chi connectivity index (χ2v) is 5.59. The van der Waals surface area contributed by atoms with Gasteiger partial charge in [0.25, 0.3) is 0 Å². The van der Waals surface area contributed by atoms with Crippen LogP contribution in [0.5, 0.6) is 0 Å². The molecule has 5 nitrogen and oxygen atoms in total. The lowest BCUT2D eigenvalue weighted by Crippen LogP contribution is -2.29. The third-order valence-electron chi connectivity index (χ3n) is 4.02. The summed E-state index contributed by atoms with van der Waals surface area (Å²) in [4.78, 5) is 8.44. The highest BCUT2D eigenvalue weighted by Crippen LogP contribution is 2.32. The van der Waals surface area contributed by atoms with Gasteiger partial charge in [0, 0.05) is 30.4 Å². The lowest BCUT2D eigenvalue weighted by Gasteiger charge is -2.26. The van der Waals surface area contributed by atoms with Crippen molar-refractivity contribution in [2.45, 2.75) is 25.2 Å². The molecule has 1 aliphatic rings. The van der Waals surface area contributed by atoms with E-state index in [0.717, 1.165) is 37.1 Å². The normalized spacial score (nSPS) is 18.6. The molecule has 1 atom stereocenters. The molecular formula is C16H21N5. The number of nitrogen functional groups attached to an aromatic ring is 2. The minimum Gasteiger partial charge on any atom is -0.384 e. The number of rotatable bonds is 3. The Morgan fingerprint density at radius 2 is 2.24 bits per heavy atom. The maximum atomic E-state index is 6.17. The summed E-state index contributed by atoms with van der Waals surface area (Å²) in [6, 6.07) is 5.97. The van der Waals surface area contributed by atoms with Gasteiger partial charge in [-0.05, 0) is 49.1 Å². The number of nitrogens with two attached hydrogens (primary N) is 2. The van der Waals surface area contributed by atoms with Gasteiger partial charge in [0.1, 0.15) is 11.6 Å². The van der Waals surface area contributed by atoms with E-state index < -0.39 is 0 Å². The SMILES string of the molecule is Nc1cc(Cc2cccnc2)c(C2CCCNC2)c(N)n1. The maximum absolute atomic E-state index is 6.17. The van der Waals surface area contributed by atoms with Gasteiger partial charge >= 0.3 is 0 Å². The zero-order valence-electron chi connectivity index (χ0n) is 12.0. The molecule has 0 spiro atoms. The third-order valence-corrected chi connectivity index (χ3v) is 4.02. The summed E-state index contributed by atoms with van der Waals surface area (Å²) in [6.07, 6.45) is 6.76. The van der Waals surface area contributed by atoms with Crippen molar-refractivity contribution < 1.29 is 0 Å². The topological polar surface area (TPSA) is 89.8 Å². The number of nitrogens with zero attached hydrogens (tertiary/aromatic N) is 2. The lowest BCUT2D eigenvalue weighted by molar-refractivity contribution is 0.460. The molecule has 1 fully saturated rings. The van der Waals surface area contributed by atoms with Gasteiger partial charge in [-0.1, -0.05) is 6.07 Å². The van der Waals surface area contributed by atoms with Gasteiger partial charge in [-0.3, -0.25) is 4.98 Å². The molecule has 3 rings (SSSR count). The van der Waals surface area contributed by atoms with Crippen LogP contribution in [-0.4, -0.2) is 23.1 Å². The number of aromatic nitrogens is 2. The van der Waals surface area contributed by atoms with E-state index in [1.807, 2.05) is 18.3 Å². The van der Waals surface area contributed by atoms with Crippen molar-refractivity contribution in [3.8, 4) is 0 Å². The predicted octanol–water partition coefficient (Wildman–Crippen LogP) is 1.70. The second-order valence-electron chi connectivity index (χ2n) is 5.59. The van der Waals surface area contributed by atoms with Crippen LogP contribution in [0.1, 0.15) is 35.4 Å². The van der Waals surface area contributed by atoms with Crippen molar-refractivity contribution in [1.82, 2.24) is 15.3 Å². The van der Waals surface area contributed by atoms with E-state index in [1.165, 1.54) is 12.0 Å². The standard InChI is InChI=1S/C16H21N5/c17-14-8-13(7-11-3-1-5-19-9-11)15(16(18)21-14)12-4-2-6-20-10-12/h1,3,5,8-9,12,20H,2,4,6-7,10H2,(H4,17,18,21). The maximum Gasteiger partial charge on any atom is 0.129 e. The second kappa shape index (κ2) is 6.10. The van der Waals surface area contributed by atoms with Gasteiger partial charge in [0.05, 0.1) is 0 Å². The van der Waals surface area contributed by atoms with Crippen molar-refractivity contribution in [3.05, 3.63) is 47.3 Å². The Balaban J connectivity index is 1.97. The summed E-state index contributed by atoms with van der Waals surface area (Å²) in [5.41, 5.74) is 15.5. The smallest absolute Gasteiger partial charge is 0.129 e. The molecule has 0 aliphatic carbocycles. The quantitative estimate of drug-likeness (QED) is 0.797. The lowest BCUT2D eigenvalue weighted by atomic mass is 9.87. The molecular weight excluding hydrogens is 262 g/mol. The van der Waals surface area contributed by atoms with Crippen molar-refractivity contribution >= 4 is 11.6 Å². The highest BCUT2D eigenvalue weighted by Gasteiger charge is 2.22. The Bertz CT molecular complexity index is 606. The fraction of sp³-hybridized carbons (Fsp3) is 0.375. The van der Waals surface area contributed by atoms with Crippen LogP contribution < -0.4 is 16.8 Å². The molecule has 0 amide bonds. The molecule has 1 aliphatic heterocycles. The Morgan fingerprint density at radius 3 is 2.95 bits per heavy atom. The molecule has 1 saturated heterocycles. The molecule has 5 N–H and O–H groups in total. The summed E-state index contributed by atoms with van der Waals surface area (Å²) in [6.45, 7) is 2.03. The van der Waals surface area contributed by atoms with E-state index in [-0.39, 0.29) is 0 Å². The fourth-order valence-corrected chi connectivity index (χ4v) is 3.09. The molecule has 1 unspecified atom stereocenters. The van der Waals surface area contributed by atoms with Crippen LogP contribution in [0.25, 0.3) is 0 Å². The highest BCUT2D eigenvalue weighted by molar-refractivity contribution is 5.54. The van der Waals surface area contributed by atoms with Crippen molar-refractivity contribution in [3.63, 3.8) is 0 Å². The van der Waals surface area contributed by atoms with Crippen LogP contribution in [0.3, 0.4) is 0 Å². The molecule has 3 heterocycles. The van der Waals surface area contributed by atoms with Crippen molar-refractivity contribution in [2.24, 2.45) is 0 Å². The van der Waals surface area contributed by atoms with Gasteiger partial charge < -0.3 is 16.8 Å². The minimum absolute atomic E-state index is 0.415. The number of hydrogen-bond acceptors (Lipinski definition) is 5. The Morgan fingerprint density at radius 1 is 1.33 bits per heavy atom. The molecule has 0 bridgehead atoms. The van der Waals surface area contributed by atoms with E-state index in [1.54, 1.807) is 6.20 Å². The zero-order chi connectivity index (χ0) is 14.7. The van der Waals surface area contributed by atoms with Crippen molar-refractivity contribution in [1.29, 1.82) is 0 Å². The van der Waals surface area contributed by atoms with Gasteiger partial charge in [-0.2, -0.15) is 0 Å². The van der Waals surface area contributed by atoms with Crippen LogP contribution in [-0.2, 0) is 6.42 Å². The molecule has 2 aromatic rings. The molecule has 0 aromatic carbocycles. The van der Waals surface area contributed by atoms with Crippen LogP contribution in [0.2, 0.25) is 0 Å². The predicted molar refractivity (Wildman–Crippen MR) is 84.9 cm³/mol. The third kappa shape index (κ3) is 3.13. The summed E-state index contributed by atoms with van der Waals surface area (Å²) in [7, 11) is 0. The first-order chi connectivity index (χ1) is 10.2. The largest absolute Gasteiger partial charge is 0.384 e. The zero-order valence-corrected chi connectivity index (χ0v) is 12.0. The molecule has 21 heavy (non-hydrogen) atoms. The van der Waals surface area contributed by atoms with E-state index in [2.05, 4.69) is 21.4 Å². The first-order valence-electron chi connectivity index (χ1n) is 7.38. The number of anilines is 2.